The van der Waals surface area contributed by atoms with Crippen LogP contribution in [0.25, 0.3) is 0 Å². The lowest BCUT2D eigenvalue weighted by atomic mass is 10.1. The summed E-state index contributed by atoms with van der Waals surface area (Å²) in [4.78, 5) is 25.7. The number of carbonyl (C=O) groups excluding carboxylic acids is 2. The van der Waals surface area contributed by atoms with E-state index in [4.69, 9.17) is 0 Å². The molecule has 12 heteroatoms. The highest BCUT2D eigenvalue weighted by molar-refractivity contribution is 7.93. The van der Waals surface area contributed by atoms with Crippen LogP contribution in [-0.4, -0.2) is 55.3 Å². The largest absolute Gasteiger partial charge is 0.350 e. The SMILES string of the molecule is C[C@@H](CNC(=O)c1ccc(N(C)S(=O)(=O)c2ccccc2)cc1)NC(=O)c1ccc(N(C)S(=O)(=O)c2ccccc2)cc1. The molecule has 2 N–H and O–H groups in total. The molecule has 4 aromatic rings. The van der Waals surface area contributed by atoms with Crippen LogP contribution in [0.4, 0.5) is 11.4 Å². The quantitative estimate of drug-likeness (QED) is 0.262. The number of nitrogens with zero attached hydrogens (tertiary/aromatic N) is 2. The van der Waals surface area contributed by atoms with Crippen molar-refractivity contribution in [1.29, 1.82) is 0 Å². The molecule has 224 valence electrons. The first-order chi connectivity index (χ1) is 20.4. The van der Waals surface area contributed by atoms with Crippen molar-refractivity contribution in [2.24, 2.45) is 0 Å². The molecule has 0 heterocycles. The van der Waals surface area contributed by atoms with Crippen molar-refractivity contribution >= 4 is 43.2 Å². The van der Waals surface area contributed by atoms with E-state index in [1.807, 2.05) is 0 Å². The summed E-state index contributed by atoms with van der Waals surface area (Å²) in [5, 5.41) is 5.56. The van der Waals surface area contributed by atoms with E-state index in [-0.39, 0.29) is 28.2 Å². The summed E-state index contributed by atoms with van der Waals surface area (Å²) in [5.41, 5.74) is 1.46. The van der Waals surface area contributed by atoms with Gasteiger partial charge >= 0.3 is 0 Å². The van der Waals surface area contributed by atoms with E-state index in [1.165, 1.54) is 62.6 Å². The van der Waals surface area contributed by atoms with Crippen LogP contribution in [0, 0.1) is 0 Å². The topological polar surface area (TPSA) is 133 Å². The average molecular weight is 621 g/mol. The minimum Gasteiger partial charge on any atom is -0.350 e. The number of hydrogen-bond acceptors (Lipinski definition) is 6. The second-order valence-electron chi connectivity index (χ2n) is 9.75. The molecule has 1 atom stereocenters. The molecule has 43 heavy (non-hydrogen) atoms. The van der Waals surface area contributed by atoms with Crippen molar-refractivity contribution in [2.75, 3.05) is 29.3 Å². The first-order valence-corrected chi connectivity index (χ1v) is 16.2. The van der Waals surface area contributed by atoms with Gasteiger partial charge in [0.25, 0.3) is 31.9 Å². The molecule has 0 unspecified atom stereocenters. The number of amides is 2. The first kappa shape index (κ1) is 31.3. The number of rotatable bonds is 11. The Kier molecular flexibility index (Phi) is 9.52. The van der Waals surface area contributed by atoms with Crippen LogP contribution in [0.15, 0.2) is 119 Å². The maximum absolute atomic E-state index is 12.9. The number of anilines is 2. The number of hydrogen-bond donors (Lipinski definition) is 2. The predicted molar refractivity (Wildman–Crippen MR) is 166 cm³/mol. The fraction of sp³-hybridized carbons (Fsp3) is 0.161. The van der Waals surface area contributed by atoms with E-state index < -0.39 is 26.1 Å². The summed E-state index contributed by atoms with van der Waals surface area (Å²) >= 11 is 0. The predicted octanol–water partition coefficient (Wildman–Crippen LogP) is 3.89. The third-order valence-electron chi connectivity index (χ3n) is 6.74. The zero-order valence-corrected chi connectivity index (χ0v) is 25.5. The molecule has 4 rings (SSSR count). The Morgan fingerprint density at radius 1 is 0.605 bits per heavy atom. The monoisotopic (exact) mass is 620 g/mol. The Morgan fingerprint density at radius 3 is 1.37 bits per heavy atom. The van der Waals surface area contributed by atoms with Crippen LogP contribution in [0.2, 0.25) is 0 Å². The van der Waals surface area contributed by atoms with Crippen LogP contribution in [0.3, 0.4) is 0 Å². The van der Waals surface area contributed by atoms with E-state index in [9.17, 15) is 26.4 Å². The molecule has 2 amide bonds. The minimum atomic E-state index is -3.74. The summed E-state index contributed by atoms with van der Waals surface area (Å²) in [6, 6.07) is 28.0. The third-order valence-corrected chi connectivity index (χ3v) is 10.3. The molecule has 4 aromatic carbocycles. The third kappa shape index (κ3) is 7.22. The van der Waals surface area contributed by atoms with E-state index in [2.05, 4.69) is 10.6 Å². The molecule has 0 bridgehead atoms. The van der Waals surface area contributed by atoms with Crippen LogP contribution in [0.5, 0.6) is 0 Å². The Bertz CT molecular complexity index is 1780. The molecule has 0 fully saturated rings. The standard InChI is InChI=1S/C31H32N4O6S2/c1-23(33-31(37)25-16-20-27(21-17-25)35(3)43(40,41)29-12-8-5-9-13-29)22-32-30(36)24-14-18-26(19-15-24)34(2)42(38,39)28-10-6-4-7-11-28/h4-21,23H,22H2,1-3H3,(H,32,36)(H,33,37)/t23-/m0/s1. The lowest BCUT2D eigenvalue weighted by Gasteiger charge is -2.20. The fourth-order valence-corrected chi connectivity index (χ4v) is 6.56. The van der Waals surface area contributed by atoms with Gasteiger partial charge in [-0.2, -0.15) is 0 Å². The van der Waals surface area contributed by atoms with Crippen molar-refractivity contribution in [3.8, 4) is 0 Å². The number of sulfonamides is 2. The zero-order chi connectivity index (χ0) is 31.2. The smallest absolute Gasteiger partial charge is 0.264 e. The molecular formula is C31H32N4O6S2. The van der Waals surface area contributed by atoms with Crippen molar-refractivity contribution in [3.63, 3.8) is 0 Å². The van der Waals surface area contributed by atoms with Gasteiger partial charge in [-0.15, -0.1) is 0 Å². The van der Waals surface area contributed by atoms with E-state index >= 15 is 0 Å². The van der Waals surface area contributed by atoms with Crippen LogP contribution in [0.1, 0.15) is 27.6 Å². The van der Waals surface area contributed by atoms with Gasteiger partial charge in [0.1, 0.15) is 0 Å². The highest BCUT2D eigenvalue weighted by Crippen LogP contribution is 2.23. The van der Waals surface area contributed by atoms with Crippen molar-refractivity contribution in [2.45, 2.75) is 22.8 Å². The molecule has 0 aliphatic rings. The summed E-state index contributed by atoms with van der Waals surface area (Å²) in [6.07, 6.45) is 0. The first-order valence-electron chi connectivity index (χ1n) is 13.3. The van der Waals surface area contributed by atoms with Gasteiger partial charge in [0, 0.05) is 37.8 Å². The summed E-state index contributed by atoms with van der Waals surface area (Å²) in [5.74, 6) is -0.762. The van der Waals surface area contributed by atoms with Gasteiger partial charge in [-0.25, -0.2) is 16.8 Å². The number of carbonyl (C=O) groups is 2. The highest BCUT2D eigenvalue weighted by atomic mass is 32.2. The molecular weight excluding hydrogens is 588 g/mol. The van der Waals surface area contributed by atoms with Gasteiger partial charge in [-0.1, -0.05) is 36.4 Å². The molecule has 0 aromatic heterocycles. The molecule has 0 saturated heterocycles. The van der Waals surface area contributed by atoms with Crippen molar-refractivity contribution < 1.29 is 26.4 Å². The second kappa shape index (κ2) is 13.1. The van der Waals surface area contributed by atoms with Crippen LogP contribution < -0.4 is 19.2 Å². The average Bonchev–Trinajstić information content (AvgIpc) is 3.03. The maximum Gasteiger partial charge on any atom is 0.264 e. The highest BCUT2D eigenvalue weighted by Gasteiger charge is 2.22. The second-order valence-corrected chi connectivity index (χ2v) is 13.7. The van der Waals surface area contributed by atoms with Crippen molar-refractivity contribution in [3.05, 3.63) is 120 Å². The molecule has 0 aliphatic carbocycles. The van der Waals surface area contributed by atoms with Gasteiger partial charge < -0.3 is 10.6 Å². The van der Waals surface area contributed by atoms with Gasteiger partial charge in [0.2, 0.25) is 0 Å². The van der Waals surface area contributed by atoms with Gasteiger partial charge in [-0.3, -0.25) is 18.2 Å². The molecule has 10 nitrogen and oxygen atoms in total. The lowest BCUT2D eigenvalue weighted by Crippen LogP contribution is -2.41. The minimum absolute atomic E-state index is 0.144. The summed E-state index contributed by atoms with van der Waals surface area (Å²) in [6.45, 7) is 1.88. The van der Waals surface area contributed by atoms with Crippen molar-refractivity contribution in [1.82, 2.24) is 10.6 Å². The Hall–Kier alpha value is -4.68. The van der Waals surface area contributed by atoms with E-state index in [0.29, 0.717) is 22.5 Å². The number of benzene rings is 4. The van der Waals surface area contributed by atoms with Crippen LogP contribution in [-0.2, 0) is 20.0 Å². The lowest BCUT2D eigenvalue weighted by molar-refractivity contribution is 0.0912. The summed E-state index contributed by atoms with van der Waals surface area (Å²) < 4.78 is 53.7. The molecule has 0 aliphatic heterocycles. The maximum atomic E-state index is 12.9. The molecule has 0 spiro atoms. The Morgan fingerprint density at radius 2 is 0.977 bits per heavy atom. The normalized spacial score (nSPS) is 12.2. The Labute approximate surface area is 252 Å². The van der Waals surface area contributed by atoms with Gasteiger partial charge in [0.05, 0.1) is 21.2 Å². The Balaban J connectivity index is 1.30. The summed E-state index contributed by atoms with van der Waals surface area (Å²) in [7, 11) is -4.60. The molecule has 0 radical (unpaired) electrons. The fourth-order valence-electron chi connectivity index (χ4n) is 4.13. The van der Waals surface area contributed by atoms with Crippen LogP contribution >= 0.6 is 0 Å². The van der Waals surface area contributed by atoms with E-state index in [1.54, 1.807) is 67.6 Å². The van der Waals surface area contributed by atoms with E-state index in [0.717, 1.165) is 8.61 Å². The van der Waals surface area contributed by atoms with Gasteiger partial charge in [-0.05, 0) is 79.7 Å². The molecule has 0 saturated carbocycles. The zero-order valence-electron chi connectivity index (χ0n) is 23.8. The van der Waals surface area contributed by atoms with Gasteiger partial charge in [0.15, 0.2) is 0 Å². The number of nitrogens with one attached hydrogen (secondary N) is 2.